The minimum absolute atomic E-state index is 0.177. The number of benzene rings is 1. The molecule has 0 bridgehead atoms. The molecular weight excluding hydrogens is 271 g/mol. The van der Waals surface area contributed by atoms with Crippen LogP contribution in [-0.2, 0) is 6.18 Å². The van der Waals surface area contributed by atoms with E-state index < -0.39 is 11.7 Å². The molecule has 104 valence electrons. The number of nitrogens with zero attached hydrogens (tertiary/aromatic N) is 1. The Hall–Kier alpha value is -2.37. The molecule has 0 aliphatic rings. The lowest BCUT2D eigenvalue weighted by Gasteiger charge is -2.09. The molecule has 0 atom stereocenters. The number of methoxy groups -OCH3 is 1. The Labute approximate surface area is 113 Å². The number of rotatable bonds is 3. The molecule has 1 aromatic carbocycles. The van der Waals surface area contributed by atoms with Crippen molar-refractivity contribution in [1.82, 2.24) is 4.98 Å². The third-order valence-electron chi connectivity index (χ3n) is 2.74. The highest BCUT2D eigenvalue weighted by Gasteiger charge is 2.29. The van der Waals surface area contributed by atoms with E-state index in [-0.39, 0.29) is 11.4 Å². The zero-order valence-electron chi connectivity index (χ0n) is 10.4. The first-order chi connectivity index (χ1) is 9.45. The lowest BCUT2D eigenvalue weighted by molar-refractivity contribution is -0.137. The largest absolute Gasteiger partial charge is 0.480 e. The van der Waals surface area contributed by atoms with E-state index in [4.69, 9.17) is 4.74 Å². The van der Waals surface area contributed by atoms with Gasteiger partial charge in [0.15, 0.2) is 6.29 Å². The van der Waals surface area contributed by atoms with Crippen molar-refractivity contribution in [3.05, 3.63) is 47.7 Å². The highest BCUT2D eigenvalue weighted by Crippen LogP contribution is 2.31. The average molecular weight is 281 g/mol. The summed E-state index contributed by atoms with van der Waals surface area (Å²) in [6, 6.07) is 6.16. The summed E-state index contributed by atoms with van der Waals surface area (Å²) in [4.78, 5) is 14.8. The summed E-state index contributed by atoms with van der Waals surface area (Å²) in [7, 11) is 1.38. The Balaban J connectivity index is 2.39. The Kier molecular flexibility index (Phi) is 3.74. The van der Waals surface area contributed by atoms with Crippen LogP contribution in [0.5, 0.6) is 5.88 Å². The van der Waals surface area contributed by atoms with Gasteiger partial charge in [-0.25, -0.2) is 4.98 Å². The van der Waals surface area contributed by atoms with Crippen molar-refractivity contribution in [1.29, 1.82) is 0 Å². The fourth-order valence-electron chi connectivity index (χ4n) is 1.73. The van der Waals surface area contributed by atoms with E-state index in [1.165, 1.54) is 31.5 Å². The molecule has 0 unspecified atom stereocenters. The second kappa shape index (κ2) is 5.32. The molecule has 6 heteroatoms. The topological polar surface area (TPSA) is 39.2 Å². The molecule has 0 N–H and O–H groups in total. The van der Waals surface area contributed by atoms with Gasteiger partial charge in [-0.3, -0.25) is 4.79 Å². The highest BCUT2D eigenvalue weighted by atomic mass is 19.4. The van der Waals surface area contributed by atoms with Crippen molar-refractivity contribution in [2.24, 2.45) is 0 Å². The van der Waals surface area contributed by atoms with Crippen LogP contribution in [-0.4, -0.2) is 18.4 Å². The first-order valence-corrected chi connectivity index (χ1v) is 5.62. The second-order valence-corrected chi connectivity index (χ2v) is 4.02. The molecular formula is C14H10F3NO2. The first kappa shape index (κ1) is 14.0. The van der Waals surface area contributed by atoms with Crippen LogP contribution in [0.15, 0.2) is 36.5 Å². The van der Waals surface area contributed by atoms with Crippen LogP contribution in [0.3, 0.4) is 0 Å². The SMILES string of the molecule is COc1ncc(-c2ccc(C(F)(F)F)cc2)cc1C=O. The first-order valence-electron chi connectivity index (χ1n) is 5.62. The van der Waals surface area contributed by atoms with Gasteiger partial charge in [0.1, 0.15) is 0 Å². The number of pyridine rings is 1. The van der Waals surface area contributed by atoms with Crippen molar-refractivity contribution in [2.75, 3.05) is 7.11 Å². The van der Waals surface area contributed by atoms with Gasteiger partial charge < -0.3 is 4.74 Å². The summed E-state index contributed by atoms with van der Waals surface area (Å²) in [5.74, 6) is 0.177. The lowest BCUT2D eigenvalue weighted by atomic mass is 10.0. The van der Waals surface area contributed by atoms with Gasteiger partial charge >= 0.3 is 6.18 Å². The number of alkyl halides is 3. The molecule has 0 aliphatic heterocycles. The Morgan fingerprint density at radius 2 is 1.80 bits per heavy atom. The molecule has 0 saturated carbocycles. The lowest BCUT2D eigenvalue weighted by Crippen LogP contribution is -2.04. The van der Waals surface area contributed by atoms with Gasteiger partial charge in [0, 0.05) is 11.8 Å². The highest BCUT2D eigenvalue weighted by molar-refractivity contribution is 5.81. The van der Waals surface area contributed by atoms with Crippen LogP contribution in [0, 0.1) is 0 Å². The van der Waals surface area contributed by atoms with Crippen molar-refractivity contribution in [3.8, 4) is 17.0 Å². The number of aldehydes is 1. The van der Waals surface area contributed by atoms with E-state index >= 15 is 0 Å². The summed E-state index contributed by atoms with van der Waals surface area (Å²) < 4.78 is 42.3. The molecule has 3 nitrogen and oxygen atoms in total. The van der Waals surface area contributed by atoms with E-state index in [1.807, 2.05) is 0 Å². The smallest absolute Gasteiger partial charge is 0.416 e. The van der Waals surface area contributed by atoms with Gasteiger partial charge in [-0.05, 0) is 23.8 Å². The predicted molar refractivity (Wildman–Crippen MR) is 66.6 cm³/mol. The summed E-state index contributed by atoms with van der Waals surface area (Å²) in [6.45, 7) is 0. The summed E-state index contributed by atoms with van der Waals surface area (Å²) in [5, 5.41) is 0. The standard InChI is InChI=1S/C14H10F3NO2/c1-20-13-11(8-19)6-10(7-18-13)9-2-4-12(5-3-9)14(15,16)17/h2-8H,1H3. The molecule has 1 heterocycles. The zero-order valence-corrected chi connectivity index (χ0v) is 10.4. The number of carbonyl (C=O) groups is 1. The number of aromatic nitrogens is 1. The van der Waals surface area contributed by atoms with Gasteiger partial charge in [-0.2, -0.15) is 13.2 Å². The molecule has 0 saturated heterocycles. The number of ether oxygens (including phenoxy) is 1. The minimum Gasteiger partial charge on any atom is -0.480 e. The second-order valence-electron chi connectivity index (χ2n) is 4.02. The Morgan fingerprint density at radius 1 is 1.15 bits per heavy atom. The maximum absolute atomic E-state index is 12.5. The predicted octanol–water partition coefficient (Wildman–Crippen LogP) is 3.59. The maximum Gasteiger partial charge on any atom is 0.416 e. The van der Waals surface area contributed by atoms with Gasteiger partial charge in [0.25, 0.3) is 0 Å². The quantitative estimate of drug-likeness (QED) is 0.807. The van der Waals surface area contributed by atoms with Crippen LogP contribution in [0.1, 0.15) is 15.9 Å². The molecule has 2 rings (SSSR count). The third kappa shape index (κ3) is 2.79. The number of hydrogen-bond acceptors (Lipinski definition) is 3. The van der Waals surface area contributed by atoms with Gasteiger partial charge in [-0.15, -0.1) is 0 Å². The normalized spacial score (nSPS) is 11.2. The third-order valence-corrected chi connectivity index (χ3v) is 2.74. The molecule has 0 fully saturated rings. The average Bonchev–Trinajstić information content (AvgIpc) is 2.45. The van der Waals surface area contributed by atoms with E-state index in [0.717, 1.165) is 12.1 Å². The van der Waals surface area contributed by atoms with Crippen LogP contribution in [0.4, 0.5) is 13.2 Å². The number of hydrogen-bond donors (Lipinski definition) is 0. The van der Waals surface area contributed by atoms with Crippen LogP contribution >= 0.6 is 0 Å². The molecule has 1 aromatic heterocycles. The van der Waals surface area contributed by atoms with Crippen LogP contribution in [0.2, 0.25) is 0 Å². The maximum atomic E-state index is 12.5. The fraction of sp³-hybridized carbons (Fsp3) is 0.143. The van der Waals surface area contributed by atoms with Gasteiger partial charge in [-0.1, -0.05) is 12.1 Å². The Bertz CT molecular complexity index is 621. The molecule has 0 amide bonds. The van der Waals surface area contributed by atoms with E-state index in [0.29, 0.717) is 17.4 Å². The number of carbonyl (C=O) groups excluding carboxylic acids is 1. The van der Waals surface area contributed by atoms with E-state index in [2.05, 4.69) is 4.98 Å². The minimum atomic E-state index is -4.37. The molecule has 2 aromatic rings. The van der Waals surface area contributed by atoms with Crippen molar-refractivity contribution in [3.63, 3.8) is 0 Å². The molecule has 20 heavy (non-hydrogen) atoms. The van der Waals surface area contributed by atoms with Crippen molar-refractivity contribution >= 4 is 6.29 Å². The van der Waals surface area contributed by atoms with E-state index in [1.54, 1.807) is 0 Å². The summed E-state index contributed by atoms with van der Waals surface area (Å²) in [5.41, 5.74) is 0.598. The monoisotopic (exact) mass is 281 g/mol. The molecule has 0 aliphatic carbocycles. The van der Waals surface area contributed by atoms with Crippen LogP contribution < -0.4 is 4.74 Å². The van der Waals surface area contributed by atoms with Gasteiger partial charge in [0.2, 0.25) is 5.88 Å². The molecule has 0 spiro atoms. The zero-order chi connectivity index (χ0) is 14.8. The van der Waals surface area contributed by atoms with Gasteiger partial charge in [0.05, 0.1) is 18.2 Å². The summed E-state index contributed by atoms with van der Waals surface area (Å²) in [6.07, 6.45) is -2.35. The Morgan fingerprint density at radius 3 is 2.30 bits per heavy atom. The van der Waals surface area contributed by atoms with Crippen molar-refractivity contribution < 1.29 is 22.7 Å². The van der Waals surface area contributed by atoms with E-state index in [9.17, 15) is 18.0 Å². The molecule has 0 radical (unpaired) electrons. The summed E-state index contributed by atoms with van der Waals surface area (Å²) >= 11 is 0. The number of halogens is 3. The van der Waals surface area contributed by atoms with Crippen LogP contribution in [0.25, 0.3) is 11.1 Å². The fourth-order valence-corrected chi connectivity index (χ4v) is 1.73. The van der Waals surface area contributed by atoms with Crippen molar-refractivity contribution in [2.45, 2.75) is 6.18 Å².